The van der Waals surface area contributed by atoms with E-state index >= 15 is 0 Å². The van der Waals surface area contributed by atoms with Crippen molar-refractivity contribution in [3.8, 4) is 0 Å². The summed E-state index contributed by atoms with van der Waals surface area (Å²) in [7, 11) is 0. The van der Waals surface area contributed by atoms with Gasteiger partial charge in [-0.15, -0.1) is 0 Å². The molecule has 2 N–H and O–H groups in total. The molecule has 0 aromatic heterocycles. The molecule has 2 aliphatic heterocycles. The second-order valence-electron chi connectivity index (χ2n) is 7.87. The minimum Gasteiger partial charge on any atom is -0.378 e. The topological polar surface area (TPSA) is 56.5 Å². The van der Waals surface area contributed by atoms with Crippen molar-refractivity contribution in [1.29, 1.82) is 0 Å². The van der Waals surface area contributed by atoms with E-state index in [1.807, 2.05) is 24.5 Å². The molecule has 29 heavy (non-hydrogen) atoms. The molecule has 0 unspecified atom stereocenters. The van der Waals surface area contributed by atoms with E-state index in [4.69, 9.17) is 0 Å². The normalized spacial score (nSPS) is 17.6. The number of hydrogen-bond acceptors (Lipinski definition) is 3. The molecule has 1 fully saturated rings. The van der Waals surface area contributed by atoms with E-state index in [9.17, 15) is 9.18 Å². The van der Waals surface area contributed by atoms with Gasteiger partial charge >= 0.3 is 0 Å². The van der Waals surface area contributed by atoms with Gasteiger partial charge in [0.2, 0.25) is 5.69 Å². The molecule has 0 radical (unpaired) electrons. The molecule has 0 saturated heterocycles. The second-order valence-corrected chi connectivity index (χ2v) is 7.87. The second kappa shape index (κ2) is 6.65. The van der Waals surface area contributed by atoms with E-state index in [0.717, 1.165) is 22.8 Å². The molecule has 2 heterocycles. The summed E-state index contributed by atoms with van der Waals surface area (Å²) >= 11 is 0. The first-order chi connectivity index (χ1) is 14.0. The zero-order valence-corrected chi connectivity index (χ0v) is 16.4. The SMILES string of the molecule is CC1=CC(C2CC2)=[N+]1c1ccc(NC(=O)c2ccc3c(c2)NCC(C)=N3)cc1F. The number of rotatable bonds is 4. The molecule has 2 aromatic rings. The number of nitrogens with one attached hydrogen (secondary N) is 2. The summed E-state index contributed by atoms with van der Waals surface area (Å²) < 4.78 is 16.8. The molecule has 0 atom stereocenters. The number of allylic oxidation sites excluding steroid dienone is 2. The lowest BCUT2D eigenvalue weighted by atomic mass is 10.1. The van der Waals surface area contributed by atoms with Crippen LogP contribution in [-0.2, 0) is 0 Å². The van der Waals surface area contributed by atoms with E-state index in [0.29, 0.717) is 29.4 Å². The Labute approximate surface area is 168 Å². The Balaban J connectivity index is 1.36. The predicted octanol–water partition coefficient (Wildman–Crippen LogP) is 5.01. The van der Waals surface area contributed by atoms with Crippen molar-refractivity contribution in [1.82, 2.24) is 0 Å². The fraction of sp³-hybridized carbons (Fsp3) is 0.261. The van der Waals surface area contributed by atoms with Crippen LogP contribution in [0.4, 0.5) is 27.1 Å². The van der Waals surface area contributed by atoms with Crippen LogP contribution in [0.1, 0.15) is 37.0 Å². The van der Waals surface area contributed by atoms with Gasteiger partial charge in [0, 0.05) is 41.9 Å². The van der Waals surface area contributed by atoms with Gasteiger partial charge in [-0.2, -0.15) is 8.97 Å². The number of hydrogen-bond donors (Lipinski definition) is 2. The van der Waals surface area contributed by atoms with Crippen LogP contribution < -0.4 is 10.6 Å². The minimum atomic E-state index is -0.342. The molecule has 1 amide bonds. The van der Waals surface area contributed by atoms with Gasteiger partial charge in [-0.05, 0) is 44.0 Å². The van der Waals surface area contributed by atoms with Crippen LogP contribution in [0.5, 0.6) is 0 Å². The molecule has 1 saturated carbocycles. The molecular weight excluding hydrogens is 367 g/mol. The van der Waals surface area contributed by atoms with Gasteiger partial charge < -0.3 is 10.6 Å². The van der Waals surface area contributed by atoms with Crippen molar-refractivity contribution in [2.45, 2.75) is 26.7 Å². The summed E-state index contributed by atoms with van der Waals surface area (Å²) in [6.45, 7) is 4.60. The number of fused-ring (bicyclic) bond motifs is 1. The van der Waals surface area contributed by atoms with Crippen LogP contribution >= 0.6 is 0 Å². The van der Waals surface area contributed by atoms with Crippen LogP contribution in [0.15, 0.2) is 53.2 Å². The number of aliphatic imine (C=N–C) groups is 1. The fourth-order valence-electron chi connectivity index (χ4n) is 3.84. The zero-order chi connectivity index (χ0) is 20.1. The molecule has 146 valence electrons. The predicted molar refractivity (Wildman–Crippen MR) is 113 cm³/mol. The molecule has 0 spiro atoms. The third-order valence-corrected chi connectivity index (χ3v) is 5.51. The lowest BCUT2D eigenvalue weighted by molar-refractivity contribution is -0.399. The van der Waals surface area contributed by atoms with E-state index in [-0.39, 0.29) is 11.7 Å². The van der Waals surface area contributed by atoms with Gasteiger partial charge in [-0.1, -0.05) is 0 Å². The van der Waals surface area contributed by atoms with Crippen LogP contribution in [0.3, 0.4) is 0 Å². The van der Waals surface area contributed by atoms with Gasteiger partial charge in [0.1, 0.15) is 0 Å². The largest absolute Gasteiger partial charge is 0.378 e. The highest BCUT2D eigenvalue weighted by molar-refractivity contribution is 6.06. The highest BCUT2D eigenvalue weighted by Crippen LogP contribution is 2.38. The number of anilines is 2. The molecule has 1 aliphatic carbocycles. The molecular formula is C23H22FN4O+. The van der Waals surface area contributed by atoms with Crippen molar-refractivity contribution in [2.24, 2.45) is 10.9 Å². The lowest BCUT2D eigenvalue weighted by Gasteiger charge is -2.17. The van der Waals surface area contributed by atoms with Gasteiger partial charge in [0.15, 0.2) is 17.2 Å². The number of amides is 1. The Bertz CT molecular complexity index is 1140. The molecule has 5 nitrogen and oxygen atoms in total. The van der Waals surface area contributed by atoms with Crippen LogP contribution in [-0.4, -0.2) is 28.5 Å². The summed E-state index contributed by atoms with van der Waals surface area (Å²) in [6.07, 6.45) is 4.47. The number of nitrogens with zero attached hydrogens (tertiary/aromatic N) is 2. The monoisotopic (exact) mass is 389 g/mol. The van der Waals surface area contributed by atoms with Crippen molar-refractivity contribution in [3.05, 3.63) is 59.6 Å². The third kappa shape index (κ3) is 3.24. The number of benzene rings is 2. The standard InChI is InChI=1S/C23H21FN4O/c1-13-12-25-20-10-16(5-7-19(20)26-13)23(29)27-17-6-8-21(18(24)11-17)28-14(2)9-22(28)15-3-4-15/h5-11,15,25H,3-4,12H2,1-2H3/p+1. The molecule has 3 aliphatic rings. The Morgan fingerprint density at radius 1 is 1.21 bits per heavy atom. The van der Waals surface area contributed by atoms with Gasteiger partial charge in [-0.25, -0.2) is 0 Å². The summed E-state index contributed by atoms with van der Waals surface area (Å²) in [6, 6.07) is 10.2. The van der Waals surface area contributed by atoms with Crippen LogP contribution in [0.2, 0.25) is 0 Å². The Morgan fingerprint density at radius 2 is 2.03 bits per heavy atom. The molecule has 2 aromatic carbocycles. The summed E-state index contributed by atoms with van der Waals surface area (Å²) in [4.78, 5) is 17.1. The number of carbonyl (C=O) groups excluding carboxylic acids is 1. The minimum absolute atomic E-state index is 0.279. The molecule has 0 bridgehead atoms. The van der Waals surface area contributed by atoms with E-state index in [1.165, 1.54) is 24.6 Å². The first kappa shape index (κ1) is 17.8. The number of halogens is 1. The maximum atomic E-state index is 14.8. The summed E-state index contributed by atoms with van der Waals surface area (Å²) in [5.41, 5.74) is 6.36. The fourth-order valence-corrected chi connectivity index (χ4v) is 3.84. The van der Waals surface area contributed by atoms with E-state index in [2.05, 4.69) is 21.7 Å². The third-order valence-electron chi connectivity index (χ3n) is 5.51. The smallest absolute Gasteiger partial charge is 0.255 e. The van der Waals surface area contributed by atoms with Gasteiger partial charge in [0.05, 0.1) is 24.0 Å². The van der Waals surface area contributed by atoms with Crippen molar-refractivity contribution in [3.63, 3.8) is 0 Å². The quantitative estimate of drug-likeness (QED) is 0.723. The summed E-state index contributed by atoms with van der Waals surface area (Å²) in [5.74, 6) is -0.0631. The first-order valence-electron chi connectivity index (χ1n) is 9.88. The van der Waals surface area contributed by atoms with Gasteiger partial charge in [-0.3, -0.25) is 9.79 Å². The zero-order valence-electron chi connectivity index (χ0n) is 16.4. The van der Waals surface area contributed by atoms with Crippen LogP contribution in [0.25, 0.3) is 0 Å². The average molecular weight is 389 g/mol. The van der Waals surface area contributed by atoms with Crippen molar-refractivity contribution < 1.29 is 13.8 Å². The molecule has 6 heteroatoms. The van der Waals surface area contributed by atoms with Crippen molar-refractivity contribution in [2.75, 3.05) is 17.2 Å². The maximum Gasteiger partial charge on any atom is 0.255 e. The molecule has 5 rings (SSSR count). The number of carbonyl (C=O) groups is 1. The summed E-state index contributed by atoms with van der Waals surface area (Å²) in [5, 5.41) is 6.04. The van der Waals surface area contributed by atoms with E-state index in [1.54, 1.807) is 24.3 Å². The lowest BCUT2D eigenvalue weighted by Crippen LogP contribution is -2.25. The van der Waals surface area contributed by atoms with Crippen molar-refractivity contribution >= 4 is 40.1 Å². The Hall–Kier alpha value is -3.28. The average Bonchev–Trinajstić information content (AvgIpc) is 3.52. The maximum absolute atomic E-state index is 14.8. The Morgan fingerprint density at radius 3 is 2.76 bits per heavy atom. The van der Waals surface area contributed by atoms with Crippen LogP contribution in [0, 0.1) is 11.7 Å². The highest BCUT2D eigenvalue weighted by atomic mass is 19.1. The Kier molecular flexibility index (Phi) is 4.08. The van der Waals surface area contributed by atoms with Gasteiger partial charge in [0.25, 0.3) is 5.91 Å². The van der Waals surface area contributed by atoms with E-state index < -0.39 is 0 Å². The first-order valence-corrected chi connectivity index (χ1v) is 9.88. The highest BCUT2D eigenvalue weighted by Gasteiger charge is 2.41.